The molecule has 53 heavy (non-hydrogen) atoms. The van der Waals surface area contributed by atoms with Gasteiger partial charge in [0.05, 0.1) is 7.11 Å². The van der Waals surface area contributed by atoms with Gasteiger partial charge in [-0.05, 0) is 110 Å². The number of hydrogen-bond acceptors (Lipinski definition) is 7. The van der Waals surface area contributed by atoms with Gasteiger partial charge >= 0.3 is 11.9 Å². The third kappa shape index (κ3) is 7.62. The fourth-order valence-electron chi connectivity index (χ4n) is 12.6. The number of nitrogens with one attached hydrogen (secondary N) is 2. The molecule has 0 bridgehead atoms. The number of esters is 2. The minimum Gasteiger partial charge on any atom is -0.468 e. The third-order valence-electron chi connectivity index (χ3n) is 16.1. The van der Waals surface area contributed by atoms with Gasteiger partial charge in [0.2, 0.25) is 11.8 Å². The van der Waals surface area contributed by atoms with Gasteiger partial charge in [-0.15, -0.1) is 0 Å². The van der Waals surface area contributed by atoms with E-state index in [1.165, 1.54) is 19.6 Å². The quantitative estimate of drug-likeness (QED) is 0.145. The number of methoxy groups -OCH3 is 1. The van der Waals surface area contributed by atoms with Crippen molar-refractivity contribution < 1.29 is 33.4 Å². The molecule has 4 saturated carbocycles. The van der Waals surface area contributed by atoms with Crippen LogP contribution in [0.4, 0.5) is 0 Å². The van der Waals surface area contributed by atoms with Crippen LogP contribution in [0.15, 0.2) is 11.6 Å². The lowest BCUT2D eigenvalue weighted by molar-refractivity contribution is -0.210. The lowest BCUT2D eigenvalue weighted by atomic mass is 9.33. The van der Waals surface area contributed by atoms with Crippen molar-refractivity contribution >= 4 is 29.5 Å². The highest BCUT2D eigenvalue weighted by Gasteiger charge is 2.70. The lowest BCUT2D eigenvalue weighted by Gasteiger charge is -2.70. The first-order valence-electron chi connectivity index (χ1n) is 20.8. The van der Waals surface area contributed by atoms with E-state index < -0.39 is 11.4 Å². The van der Waals surface area contributed by atoms with Crippen molar-refractivity contribution in [3.8, 4) is 0 Å². The standard InChI is InChI=1S/C44H70N2O7/c1-29(47)53-34-18-19-42(6)33(39(34,2)3)17-20-44(8)37(42)32(48)26-30-31-27-41(5,22-21-40(31,4)23-24-43(30,44)7)38(51)45-25-15-13-11-10-12-14-16-35(49)46-28-36(50)52-9/h26,31,33-34,37H,10-25,27-28H2,1-9H3,(H,45,51)(H,46,49)/t31-,33-,34-,37+,40+,41-,42-,43+,44+/m0/s1. The van der Waals surface area contributed by atoms with Crippen LogP contribution in [0.3, 0.4) is 0 Å². The van der Waals surface area contributed by atoms with E-state index in [0.29, 0.717) is 18.9 Å². The summed E-state index contributed by atoms with van der Waals surface area (Å²) in [5.41, 5.74) is 0.289. The molecular formula is C44H70N2O7. The molecule has 0 aromatic rings. The maximum atomic E-state index is 14.7. The zero-order chi connectivity index (χ0) is 39.0. The van der Waals surface area contributed by atoms with Crippen LogP contribution >= 0.6 is 0 Å². The Morgan fingerprint density at radius 1 is 0.811 bits per heavy atom. The molecule has 0 saturated heterocycles. The summed E-state index contributed by atoms with van der Waals surface area (Å²) in [5, 5.41) is 5.88. The van der Waals surface area contributed by atoms with Gasteiger partial charge in [-0.2, -0.15) is 0 Å². The highest BCUT2D eigenvalue weighted by molar-refractivity contribution is 5.96. The van der Waals surface area contributed by atoms with Gasteiger partial charge in [0.25, 0.3) is 0 Å². The number of unbranched alkanes of at least 4 members (excludes halogenated alkanes) is 5. The Labute approximate surface area is 319 Å². The molecule has 9 atom stereocenters. The van der Waals surface area contributed by atoms with Gasteiger partial charge in [0, 0.05) is 36.6 Å². The number of carbonyl (C=O) groups is 5. The van der Waals surface area contributed by atoms with E-state index in [4.69, 9.17) is 4.74 Å². The topological polar surface area (TPSA) is 128 Å². The average Bonchev–Trinajstić information content (AvgIpc) is 3.09. The van der Waals surface area contributed by atoms with Crippen molar-refractivity contribution in [1.82, 2.24) is 10.6 Å². The first-order chi connectivity index (χ1) is 24.8. The summed E-state index contributed by atoms with van der Waals surface area (Å²) in [6.07, 6.45) is 16.7. The first kappa shape index (κ1) is 41.5. The number of hydrogen-bond donors (Lipinski definition) is 2. The zero-order valence-corrected chi connectivity index (χ0v) is 34.5. The van der Waals surface area contributed by atoms with E-state index in [1.54, 1.807) is 0 Å². The summed E-state index contributed by atoms with van der Waals surface area (Å²) in [4.78, 5) is 63.7. The first-order valence-corrected chi connectivity index (χ1v) is 20.8. The molecule has 5 rings (SSSR count). The highest BCUT2D eigenvalue weighted by Crippen LogP contribution is 2.75. The van der Waals surface area contributed by atoms with Crippen LogP contribution in [-0.2, 0) is 33.4 Å². The maximum Gasteiger partial charge on any atom is 0.325 e. The summed E-state index contributed by atoms with van der Waals surface area (Å²) >= 11 is 0. The number of rotatable bonds is 13. The second-order valence-electron chi connectivity index (χ2n) is 19.7. The monoisotopic (exact) mass is 739 g/mol. The molecule has 2 N–H and O–H groups in total. The largest absolute Gasteiger partial charge is 0.468 e. The van der Waals surface area contributed by atoms with Crippen molar-refractivity contribution in [2.75, 3.05) is 20.2 Å². The Kier molecular flexibility index (Phi) is 12.1. The summed E-state index contributed by atoms with van der Waals surface area (Å²) < 4.78 is 10.4. The Hall–Kier alpha value is -2.71. The summed E-state index contributed by atoms with van der Waals surface area (Å²) in [7, 11) is 1.30. The lowest BCUT2D eigenvalue weighted by Crippen LogP contribution is -2.66. The van der Waals surface area contributed by atoms with Gasteiger partial charge in [-0.25, -0.2) is 0 Å². The maximum absolute atomic E-state index is 14.7. The van der Waals surface area contributed by atoms with Crippen molar-refractivity contribution in [3.63, 3.8) is 0 Å². The van der Waals surface area contributed by atoms with Crippen LogP contribution in [0, 0.1) is 50.2 Å². The molecule has 5 aliphatic carbocycles. The van der Waals surface area contributed by atoms with Crippen LogP contribution < -0.4 is 10.6 Å². The second-order valence-corrected chi connectivity index (χ2v) is 19.7. The van der Waals surface area contributed by atoms with E-state index >= 15 is 0 Å². The number of fused-ring (bicyclic) bond motifs is 7. The molecule has 0 aromatic carbocycles. The van der Waals surface area contributed by atoms with E-state index in [9.17, 15) is 24.0 Å². The Balaban J connectivity index is 1.20. The molecule has 9 nitrogen and oxygen atoms in total. The summed E-state index contributed by atoms with van der Waals surface area (Å²) in [6.45, 7) is 18.4. The molecule has 0 spiro atoms. The molecule has 5 aliphatic rings. The van der Waals surface area contributed by atoms with Crippen LogP contribution in [0.1, 0.15) is 158 Å². The van der Waals surface area contributed by atoms with Crippen LogP contribution in [0.2, 0.25) is 0 Å². The fraction of sp³-hybridized carbons (Fsp3) is 0.841. The minimum absolute atomic E-state index is 0.0692. The Morgan fingerprint density at radius 2 is 1.47 bits per heavy atom. The third-order valence-corrected chi connectivity index (χ3v) is 16.1. The Bertz CT molecular complexity index is 1470. The fourth-order valence-corrected chi connectivity index (χ4v) is 12.6. The normalized spacial score (nSPS) is 38.5. The molecule has 4 fully saturated rings. The van der Waals surface area contributed by atoms with Gasteiger partial charge in [0.15, 0.2) is 5.78 Å². The van der Waals surface area contributed by atoms with E-state index in [-0.39, 0.29) is 75.1 Å². The van der Waals surface area contributed by atoms with Crippen LogP contribution in [0.25, 0.3) is 0 Å². The summed E-state index contributed by atoms with van der Waals surface area (Å²) in [6, 6.07) is 0. The van der Waals surface area contributed by atoms with Gasteiger partial charge < -0.3 is 20.1 Å². The van der Waals surface area contributed by atoms with Crippen LogP contribution in [0.5, 0.6) is 0 Å². The molecule has 0 aromatic heterocycles. The van der Waals surface area contributed by atoms with Crippen molar-refractivity contribution in [3.05, 3.63) is 11.6 Å². The number of amides is 2. The zero-order valence-electron chi connectivity index (χ0n) is 34.5. The van der Waals surface area contributed by atoms with Crippen molar-refractivity contribution in [2.24, 2.45) is 50.2 Å². The number of allylic oxidation sites excluding steroid dienone is 2. The van der Waals surface area contributed by atoms with Gasteiger partial charge in [-0.3, -0.25) is 24.0 Å². The molecule has 0 heterocycles. The van der Waals surface area contributed by atoms with Gasteiger partial charge in [-0.1, -0.05) is 79.7 Å². The average molecular weight is 739 g/mol. The number of carbonyl (C=O) groups excluding carboxylic acids is 5. The van der Waals surface area contributed by atoms with Crippen molar-refractivity contribution in [1.29, 1.82) is 0 Å². The molecule has 0 aliphatic heterocycles. The highest BCUT2D eigenvalue weighted by atomic mass is 16.5. The summed E-state index contributed by atoms with van der Waals surface area (Å²) in [5.74, 6) is 0.0767. The predicted octanol–water partition coefficient (Wildman–Crippen LogP) is 8.03. The number of ether oxygens (including phenoxy) is 2. The molecule has 298 valence electrons. The van der Waals surface area contributed by atoms with Gasteiger partial charge in [0.1, 0.15) is 12.6 Å². The molecule has 0 radical (unpaired) electrons. The minimum atomic E-state index is -0.471. The molecule has 2 amide bonds. The molecule has 9 heteroatoms. The molecule has 0 unspecified atom stereocenters. The van der Waals surface area contributed by atoms with Crippen LogP contribution in [-0.4, -0.2) is 55.8 Å². The van der Waals surface area contributed by atoms with Crippen molar-refractivity contribution in [2.45, 2.75) is 164 Å². The smallest absolute Gasteiger partial charge is 0.325 e. The van der Waals surface area contributed by atoms with E-state index in [2.05, 4.69) is 69.9 Å². The SMILES string of the molecule is COC(=O)CNC(=O)CCCCCCCCNC(=O)[C@@]1(C)CC[C@]2(C)CC[C@]3(C)C(=CC(=O)[C@@H]4[C@@]5(C)CC[C@H](OC(C)=O)C(C)(C)[C@@H]5CC[C@]43C)[C@@H]2C1. The van der Waals surface area contributed by atoms with E-state index in [1.807, 2.05) is 0 Å². The second kappa shape index (κ2) is 15.4. The predicted molar refractivity (Wildman–Crippen MR) is 205 cm³/mol. The molecular weight excluding hydrogens is 668 g/mol. The Morgan fingerprint density at radius 3 is 2.15 bits per heavy atom. The number of ketones is 1. The van der Waals surface area contributed by atoms with E-state index in [0.717, 1.165) is 96.3 Å².